The Hall–Kier alpha value is -3.51. The van der Waals surface area contributed by atoms with E-state index in [1.54, 1.807) is 6.07 Å². The third-order valence-corrected chi connectivity index (χ3v) is 5.32. The van der Waals surface area contributed by atoms with E-state index in [4.69, 9.17) is 0 Å². The maximum Gasteiger partial charge on any atom is 0.128 e. The van der Waals surface area contributed by atoms with Gasteiger partial charge in [-0.05, 0) is 77.6 Å². The maximum absolute atomic E-state index is 13.3. The van der Waals surface area contributed by atoms with Gasteiger partial charge in [-0.15, -0.1) is 0 Å². The van der Waals surface area contributed by atoms with Gasteiger partial charge in [0.2, 0.25) is 0 Å². The fourth-order valence-corrected chi connectivity index (χ4v) is 3.47. The summed E-state index contributed by atoms with van der Waals surface area (Å²) in [6.45, 7) is 2.19. The zero-order chi connectivity index (χ0) is 21.5. The van der Waals surface area contributed by atoms with Crippen molar-refractivity contribution < 1.29 is 4.39 Å². The SMILES string of the molecule is CCCCc1cnc(CCc2ccc(C#Cc3ccc4cc(F)ccc4c3)cc2)nc1. The minimum atomic E-state index is -0.220. The molecule has 0 aliphatic carbocycles. The first kappa shape index (κ1) is 20.8. The molecule has 3 aromatic carbocycles. The summed E-state index contributed by atoms with van der Waals surface area (Å²) in [5.41, 5.74) is 4.35. The minimum absolute atomic E-state index is 0.220. The molecule has 154 valence electrons. The summed E-state index contributed by atoms with van der Waals surface area (Å²) in [6, 6.07) is 18.9. The smallest absolute Gasteiger partial charge is 0.128 e. The number of rotatable bonds is 6. The maximum atomic E-state index is 13.3. The summed E-state index contributed by atoms with van der Waals surface area (Å²) >= 11 is 0. The highest BCUT2D eigenvalue weighted by molar-refractivity contribution is 5.83. The molecule has 0 aliphatic rings. The largest absolute Gasteiger partial charge is 0.241 e. The molecule has 0 atom stereocenters. The van der Waals surface area contributed by atoms with Gasteiger partial charge in [-0.1, -0.05) is 49.5 Å². The Morgan fingerprint density at radius 1 is 0.710 bits per heavy atom. The first-order valence-electron chi connectivity index (χ1n) is 10.8. The molecule has 0 saturated heterocycles. The Labute approximate surface area is 183 Å². The minimum Gasteiger partial charge on any atom is -0.241 e. The summed E-state index contributed by atoms with van der Waals surface area (Å²) in [4.78, 5) is 9.00. The van der Waals surface area contributed by atoms with E-state index in [0.717, 1.165) is 47.0 Å². The quantitative estimate of drug-likeness (QED) is 0.350. The van der Waals surface area contributed by atoms with Gasteiger partial charge in [0.25, 0.3) is 0 Å². The molecule has 0 unspecified atom stereocenters. The average Bonchev–Trinajstić information content (AvgIpc) is 2.81. The monoisotopic (exact) mass is 408 g/mol. The van der Waals surface area contributed by atoms with Crippen molar-refractivity contribution in [2.75, 3.05) is 0 Å². The van der Waals surface area contributed by atoms with Crippen LogP contribution >= 0.6 is 0 Å². The van der Waals surface area contributed by atoms with Crippen LogP contribution in [0.3, 0.4) is 0 Å². The lowest BCUT2D eigenvalue weighted by atomic mass is 10.1. The molecule has 0 N–H and O–H groups in total. The van der Waals surface area contributed by atoms with Crippen molar-refractivity contribution in [3.05, 3.63) is 107 Å². The van der Waals surface area contributed by atoms with Crippen LogP contribution in [0, 0.1) is 17.7 Å². The van der Waals surface area contributed by atoms with Gasteiger partial charge < -0.3 is 0 Å². The lowest BCUT2D eigenvalue weighted by molar-refractivity contribution is 0.630. The normalized spacial score (nSPS) is 10.6. The van der Waals surface area contributed by atoms with Crippen LogP contribution in [0.2, 0.25) is 0 Å². The van der Waals surface area contributed by atoms with E-state index in [9.17, 15) is 4.39 Å². The highest BCUT2D eigenvalue weighted by Crippen LogP contribution is 2.17. The molecule has 31 heavy (non-hydrogen) atoms. The van der Waals surface area contributed by atoms with Crippen molar-refractivity contribution in [3.8, 4) is 11.8 Å². The third-order valence-electron chi connectivity index (χ3n) is 5.32. The lowest BCUT2D eigenvalue weighted by Crippen LogP contribution is -1.99. The van der Waals surface area contributed by atoms with Crippen LogP contribution in [0.15, 0.2) is 73.1 Å². The van der Waals surface area contributed by atoms with Crippen LogP contribution in [0.5, 0.6) is 0 Å². The number of aryl methyl sites for hydroxylation is 3. The number of unbranched alkanes of at least 4 members (excludes halogenated alkanes) is 1. The molecular formula is C28H25FN2. The van der Waals surface area contributed by atoms with Gasteiger partial charge in [-0.2, -0.15) is 0 Å². The molecule has 4 aromatic rings. The zero-order valence-electron chi connectivity index (χ0n) is 17.7. The summed E-state index contributed by atoms with van der Waals surface area (Å²) in [5.74, 6) is 7.08. The zero-order valence-corrected chi connectivity index (χ0v) is 17.7. The summed E-state index contributed by atoms with van der Waals surface area (Å²) in [5, 5.41) is 1.87. The topological polar surface area (TPSA) is 25.8 Å². The molecule has 0 fully saturated rings. The van der Waals surface area contributed by atoms with E-state index in [1.165, 1.54) is 36.1 Å². The van der Waals surface area contributed by atoms with Gasteiger partial charge in [0.15, 0.2) is 0 Å². The standard InChI is InChI=1S/C28H25FN2/c1-2-3-4-24-19-30-28(31-20-24)16-12-22-7-5-21(6-8-22)9-10-23-11-13-26-18-27(29)15-14-25(26)17-23/h5-8,11,13-15,17-20H,2-4,12,16H2,1H3. The molecule has 1 heterocycles. The number of hydrogen-bond acceptors (Lipinski definition) is 2. The first-order valence-corrected chi connectivity index (χ1v) is 10.8. The number of halogens is 1. The molecule has 0 radical (unpaired) electrons. The molecule has 0 saturated carbocycles. The van der Waals surface area contributed by atoms with E-state index in [2.05, 4.69) is 40.9 Å². The molecule has 0 bridgehead atoms. The number of nitrogens with zero attached hydrogens (tertiary/aromatic N) is 2. The van der Waals surface area contributed by atoms with Crippen LogP contribution < -0.4 is 0 Å². The fourth-order valence-electron chi connectivity index (χ4n) is 3.47. The molecule has 0 aliphatic heterocycles. The van der Waals surface area contributed by atoms with Crippen molar-refractivity contribution in [1.82, 2.24) is 9.97 Å². The van der Waals surface area contributed by atoms with Gasteiger partial charge in [-0.3, -0.25) is 0 Å². The average molecular weight is 409 g/mol. The Balaban J connectivity index is 1.36. The summed E-state index contributed by atoms with van der Waals surface area (Å²) < 4.78 is 13.3. The van der Waals surface area contributed by atoms with E-state index in [1.807, 2.05) is 42.7 Å². The van der Waals surface area contributed by atoms with Crippen LogP contribution in [-0.4, -0.2) is 9.97 Å². The van der Waals surface area contributed by atoms with E-state index in [0.29, 0.717) is 0 Å². The van der Waals surface area contributed by atoms with Crippen LogP contribution in [0.1, 0.15) is 47.8 Å². The molecule has 4 rings (SSSR count). The first-order chi connectivity index (χ1) is 15.2. The number of benzene rings is 3. The second-order valence-corrected chi connectivity index (χ2v) is 7.76. The Morgan fingerprint density at radius 3 is 2.16 bits per heavy atom. The van der Waals surface area contributed by atoms with Gasteiger partial charge >= 0.3 is 0 Å². The van der Waals surface area contributed by atoms with Crippen molar-refractivity contribution in [1.29, 1.82) is 0 Å². The molecular weight excluding hydrogens is 383 g/mol. The fraction of sp³-hybridized carbons (Fsp3) is 0.214. The van der Waals surface area contributed by atoms with Crippen LogP contribution in [-0.2, 0) is 19.3 Å². The molecule has 3 heteroatoms. The van der Waals surface area contributed by atoms with Crippen LogP contribution in [0.4, 0.5) is 4.39 Å². The second kappa shape index (κ2) is 10.00. The number of hydrogen-bond donors (Lipinski definition) is 0. The second-order valence-electron chi connectivity index (χ2n) is 7.76. The van der Waals surface area contributed by atoms with Gasteiger partial charge in [-0.25, -0.2) is 14.4 Å². The van der Waals surface area contributed by atoms with Crippen molar-refractivity contribution in [2.24, 2.45) is 0 Å². The summed E-state index contributed by atoms with van der Waals surface area (Å²) in [6.07, 6.45) is 9.07. The Kier molecular flexibility index (Phi) is 6.69. The van der Waals surface area contributed by atoms with E-state index < -0.39 is 0 Å². The molecule has 2 nitrogen and oxygen atoms in total. The predicted octanol–water partition coefficient (Wildman–Crippen LogP) is 6.30. The van der Waals surface area contributed by atoms with Gasteiger partial charge in [0.05, 0.1) is 0 Å². The van der Waals surface area contributed by atoms with Gasteiger partial charge in [0, 0.05) is 29.9 Å². The Morgan fingerprint density at radius 2 is 1.39 bits per heavy atom. The lowest BCUT2D eigenvalue weighted by Gasteiger charge is -2.03. The third kappa shape index (κ3) is 5.77. The highest BCUT2D eigenvalue weighted by atomic mass is 19.1. The highest BCUT2D eigenvalue weighted by Gasteiger charge is 2.01. The van der Waals surface area contributed by atoms with Crippen molar-refractivity contribution in [2.45, 2.75) is 39.0 Å². The van der Waals surface area contributed by atoms with Gasteiger partial charge in [0.1, 0.15) is 11.6 Å². The van der Waals surface area contributed by atoms with Crippen LogP contribution in [0.25, 0.3) is 10.8 Å². The Bertz CT molecular complexity index is 1220. The predicted molar refractivity (Wildman–Crippen MR) is 124 cm³/mol. The van der Waals surface area contributed by atoms with Crippen molar-refractivity contribution in [3.63, 3.8) is 0 Å². The van der Waals surface area contributed by atoms with E-state index in [-0.39, 0.29) is 5.82 Å². The molecule has 0 amide bonds. The van der Waals surface area contributed by atoms with Crippen molar-refractivity contribution >= 4 is 10.8 Å². The number of aromatic nitrogens is 2. The van der Waals surface area contributed by atoms with E-state index >= 15 is 0 Å². The summed E-state index contributed by atoms with van der Waals surface area (Å²) in [7, 11) is 0. The molecule has 1 aromatic heterocycles. The number of fused-ring (bicyclic) bond motifs is 1. The molecule has 0 spiro atoms.